The van der Waals surface area contributed by atoms with E-state index >= 15 is 0 Å². The van der Waals surface area contributed by atoms with Crippen LogP contribution < -0.4 is 10.6 Å². The fourth-order valence-corrected chi connectivity index (χ4v) is 5.39. The van der Waals surface area contributed by atoms with Crippen molar-refractivity contribution >= 4 is 23.6 Å². The molecule has 8 nitrogen and oxygen atoms in total. The van der Waals surface area contributed by atoms with Crippen LogP contribution in [0.25, 0.3) is 0 Å². The maximum atomic E-state index is 13.6. The maximum Gasteiger partial charge on any atom is 0.408 e. The number of hydrogen-bond acceptors (Lipinski definition) is 6. The fraction of sp³-hybridized carbons (Fsp3) is 0.515. The molecule has 1 aliphatic carbocycles. The SMILES string of the molecule is CC(C)C[C@H](CC(=O)[C@H](Cc1ccc(F)cc1)NC(=O)OCc1ccccc1)C(=O)N[C@H](CO)CC1CCCCC1=O. The van der Waals surface area contributed by atoms with Gasteiger partial charge >= 0.3 is 6.09 Å². The summed E-state index contributed by atoms with van der Waals surface area (Å²) in [5, 5.41) is 15.5. The molecule has 0 bridgehead atoms. The van der Waals surface area contributed by atoms with E-state index in [0.29, 0.717) is 24.8 Å². The smallest absolute Gasteiger partial charge is 0.408 e. The van der Waals surface area contributed by atoms with Crippen LogP contribution in [-0.2, 0) is 32.1 Å². The van der Waals surface area contributed by atoms with Crippen molar-refractivity contribution in [3.05, 3.63) is 71.5 Å². The molecule has 0 aliphatic heterocycles. The number of ether oxygens (including phenoxy) is 1. The van der Waals surface area contributed by atoms with Crippen molar-refractivity contribution in [1.82, 2.24) is 10.6 Å². The van der Waals surface area contributed by atoms with Crippen LogP contribution in [0.1, 0.15) is 69.9 Å². The normalized spacial score (nSPS) is 17.3. The molecule has 2 aromatic rings. The van der Waals surface area contributed by atoms with Crippen LogP contribution in [0.15, 0.2) is 54.6 Å². The first-order chi connectivity index (χ1) is 20.1. The minimum absolute atomic E-state index is 0.0224. The molecule has 4 atom stereocenters. The van der Waals surface area contributed by atoms with Gasteiger partial charge in [-0.3, -0.25) is 14.4 Å². The number of amides is 2. The average Bonchev–Trinajstić information content (AvgIpc) is 2.97. The molecule has 0 spiro atoms. The second-order valence-electron chi connectivity index (χ2n) is 11.6. The Morgan fingerprint density at radius 3 is 2.36 bits per heavy atom. The number of halogens is 1. The zero-order chi connectivity index (χ0) is 30.5. The number of carbonyl (C=O) groups excluding carboxylic acids is 4. The van der Waals surface area contributed by atoms with E-state index in [2.05, 4.69) is 10.6 Å². The monoisotopic (exact) mass is 582 g/mol. The number of aliphatic hydroxyl groups excluding tert-OH is 1. The molecule has 1 saturated carbocycles. The summed E-state index contributed by atoms with van der Waals surface area (Å²) in [6.07, 6.45) is 3.05. The van der Waals surface area contributed by atoms with Crippen molar-refractivity contribution in [3.8, 4) is 0 Å². The van der Waals surface area contributed by atoms with Crippen molar-refractivity contribution < 1.29 is 33.4 Å². The summed E-state index contributed by atoms with van der Waals surface area (Å²) in [4.78, 5) is 52.0. The molecule has 9 heteroatoms. The van der Waals surface area contributed by atoms with E-state index in [1.165, 1.54) is 12.1 Å². The lowest BCUT2D eigenvalue weighted by Gasteiger charge is -2.27. The number of rotatable bonds is 15. The third kappa shape index (κ3) is 11.0. The lowest BCUT2D eigenvalue weighted by atomic mass is 9.83. The number of ketones is 2. The summed E-state index contributed by atoms with van der Waals surface area (Å²) in [6, 6.07) is 13.2. The van der Waals surface area contributed by atoms with Gasteiger partial charge < -0.3 is 20.5 Å². The summed E-state index contributed by atoms with van der Waals surface area (Å²) in [6.45, 7) is 3.61. The molecular formula is C33H43FN2O6. The number of nitrogens with one attached hydrogen (secondary N) is 2. The third-order valence-corrected chi connectivity index (χ3v) is 7.64. The van der Waals surface area contributed by atoms with E-state index in [9.17, 15) is 28.7 Å². The van der Waals surface area contributed by atoms with Gasteiger partial charge in [-0.05, 0) is 61.3 Å². The van der Waals surface area contributed by atoms with E-state index < -0.39 is 29.9 Å². The fourth-order valence-electron chi connectivity index (χ4n) is 5.39. The Morgan fingerprint density at radius 2 is 1.71 bits per heavy atom. The topological polar surface area (TPSA) is 122 Å². The molecule has 228 valence electrons. The van der Waals surface area contributed by atoms with E-state index in [1.54, 1.807) is 12.1 Å². The molecule has 0 saturated heterocycles. The summed E-state index contributed by atoms with van der Waals surface area (Å²) in [7, 11) is 0. The van der Waals surface area contributed by atoms with E-state index in [4.69, 9.17) is 4.74 Å². The summed E-state index contributed by atoms with van der Waals surface area (Å²) in [5.74, 6) is -1.78. The molecule has 0 radical (unpaired) electrons. The second-order valence-corrected chi connectivity index (χ2v) is 11.6. The van der Waals surface area contributed by atoms with Gasteiger partial charge in [0.25, 0.3) is 0 Å². The summed E-state index contributed by atoms with van der Waals surface area (Å²) < 4.78 is 18.8. The van der Waals surface area contributed by atoms with E-state index in [0.717, 1.165) is 24.8 Å². The maximum absolute atomic E-state index is 13.6. The highest BCUT2D eigenvalue weighted by atomic mass is 19.1. The van der Waals surface area contributed by atoms with Gasteiger partial charge in [0.1, 0.15) is 18.2 Å². The van der Waals surface area contributed by atoms with Crippen LogP contribution in [0.4, 0.5) is 9.18 Å². The molecule has 0 aromatic heterocycles. The Bertz CT molecular complexity index is 1170. The van der Waals surface area contributed by atoms with Gasteiger partial charge in [-0.15, -0.1) is 0 Å². The molecule has 42 heavy (non-hydrogen) atoms. The molecule has 2 amide bonds. The first kappa shape index (κ1) is 32.9. The number of aliphatic hydroxyl groups is 1. The van der Waals surface area contributed by atoms with Crippen LogP contribution in [0, 0.1) is 23.6 Å². The zero-order valence-corrected chi connectivity index (χ0v) is 24.5. The number of carbonyl (C=O) groups is 4. The van der Waals surface area contributed by atoms with Crippen LogP contribution >= 0.6 is 0 Å². The first-order valence-corrected chi connectivity index (χ1v) is 14.8. The summed E-state index contributed by atoms with van der Waals surface area (Å²) in [5.41, 5.74) is 1.43. The van der Waals surface area contributed by atoms with Gasteiger partial charge in [-0.2, -0.15) is 0 Å². The Balaban J connectivity index is 1.69. The molecule has 1 fully saturated rings. The number of Topliss-reactive ketones (excluding diaryl/α,β-unsaturated/α-hetero) is 2. The van der Waals surface area contributed by atoms with Gasteiger partial charge in [0.05, 0.1) is 18.7 Å². The summed E-state index contributed by atoms with van der Waals surface area (Å²) >= 11 is 0. The van der Waals surface area contributed by atoms with Crippen LogP contribution in [0.5, 0.6) is 0 Å². The predicted molar refractivity (Wildman–Crippen MR) is 157 cm³/mol. The molecule has 1 aliphatic rings. The van der Waals surface area contributed by atoms with Gasteiger partial charge in [-0.1, -0.05) is 62.7 Å². The minimum atomic E-state index is -1.00. The standard InChI is InChI=1S/C33H43FN2O6/c1-22(2)16-26(32(40)35-28(20-37)18-25-10-6-7-11-30(25)38)19-31(39)29(17-23-12-14-27(34)15-13-23)36-33(41)42-21-24-8-4-3-5-9-24/h3-5,8-9,12-15,22,25-26,28-29,37H,6-7,10-11,16-21H2,1-2H3,(H,35,40)(H,36,41)/t25?,26-,28+,29+/m1/s1. The van der Waals surface area contributed by atoms with E-state index in [1.807, 2.05) is 44.2 Å². The van der Waals surface area contributed by atoms with Gasteiger partial charge in [0, 0.05) is 24.7 Å². The largest absolute Gasteiger partial charge is 0.445 e. The lowest BCUT2D eigenvalue weighted by Crippen LogP contribution is -2.46. The quantitative estimate of drug-likeness (QED) is 0.274. The Labute approximate surface area is 247 Å². The predicted octanol–water partition coefficient (Wildman–Crippen LogP) is 4.91. The van der Waals surface area contributed by atoms with Crippen LogP contribution in [-0.4, -0.2) is 47.4 Å². The molecule has 1 unspecified atom stereocenters. The highest BCUT2D eigenvalue weighted by Gasteiger charge is 2.31. The molecule has 0 heterocycles. The number of alkyl carbamates (subject to hydrolysis) is 1. The Kier molecular flexibility index (Phi) is 13.1. The van der Waals surface area contributed by atoms with Gasteiger partial charge in [-0.25, -0.2) is 9.18 Å². The first-order valence-electron chi connectivity index (χ1n) is 14.8. The Morgan fingerprint density at radius 1 is 1.00 bits per heavy atom. The Hall–Kier alpha value is -3.59. The lowest BCUT2D eigenvalue weighted by molar-refractivity contribution is -0.132. The highest BCUT2D eigenvalue weighted by Crippen LogP contribution is 2.25. The second kappa shape index (κ2) is 16.8. The van der Waals surface area contributed by atoms with Gasteiger partial charge in [0.15, 0.2) is 5.78 Å². The van der Waals surface area contributed by atoms with Crippen LogP contribution in [0.3, 0.4) is 0 Å². The average molecular weight is 583 g/mol. The van der Waals surface area contributed by atoms with Crippen LogP contribution in [0.2, 0.25) is 0 Å². The van der Waals surface area contributed by atoms with E-state index in [-0.39, 0.29) is 55.4 Å². The van der Waals surface area contributed by atoms with Crippen molar-refractivity contribution in [3.63, 3.8) is 0 Å². The third-order valence-electron chi connectivity index (χ3n) is 7.64. The number of benzene rings is 2. The molecular weight excluding hydrogens is 539 g/mol. The van der Waals surface area contributed by atoms with Crippen molar-refractivity contribution in [1.29, 1.82) is 0 Å². The highest BCUT2D eigenvalue weighted by molar-refractivity contribution is 5.92. The van der Waals surface area contributed by atoms with Crippen molar-refractivity contribution in [2.45, 2.75) is 83.9 Å². The number of hydrogen-bond donors (Lipinski definition) is 3. The minimum Gasteiger partial charge on any atom is -0.445 e. The molecule has 2 aromatic carbocycles. The zero-order valence-electron chi connectivity index (χ0n) is 24.5. The van der Waals surface area contributed by atoms with Crippen molar-refractivity contribution in [2.24, 2.45) is 17.8 Å². The molecule has 3 N–H and O–H groups in total. The van der Waals surface area contributed by atoms with Gasteiger partial charge in [0.2, 0.25) is 5.91 Å². The molecule has 3 rings (SSSR count). The van der Waals surface area contributed by atoms with Crippen molar-refractivity contribution in [2.75, 3.05) is 6.61 Å².